The number of aromatic nitrogens is 1. The van der Waals surface area contributed by atoms with Gasteiger partial charge in [0.25, 0.3) is 5.91 Å². The van der Waals surface area contributed by atoms with Gasteiger partial charge in [0.15, 0.2) is 0 Å². The SMILES string of the molecule is COc1ccc(C(=O)NCc2ccnc(N(C)C)c2)cc1S(=O)(=O)NCc1ccc(Cl)cc1. The number of amides is 1. The van der Waals surface area contributed by atoms with Gasteiger partial charge in [0.2, 0.25) is 10.0 Å². The van der Waals surface area contributed by atoms with Gasteiger partial charge in [0.05, 0.1) is 7.11 Å². The van der Waals surface area contributed by atoms with E-state index in [0.29, 0.717) is 5.02 Å². The number of hydrogen-bond acceptors (Lipinski definition) is 6. The van der Waals surface area contributed by atoms with E-state index in [2.05, 4.69) is 15.0 Å². The average molecular weight is 489 g/mol. The molecule has 0 bridgehead atoms. The van der Waals surface area contributed by atoms with E-state index in [0.717, 1.165) is 16.9 Å². The summed E-state index contributed by atoms with van der Waals surface area (Å²) < 4.78 is 33.6. The van der Waals surface area contributed by atoms with E-state index in [1.165, 1.54) is 25.3 Å². The third-order valence-electron chi connectivity index (χ3n) is 4.82. The minimum atomic E-state index is -3.95. The van der Waals surface area contributed by atoms with Crippen molar-refractivity contribution in [2.24, 2.45) is 0 Å². The molecule has 3 rings (SSSR count). The van der Waals surface area contributed by atoms with Crippen LogP contribution in [0.15, 0.2) is 65.7 Å². The summed E-state index contributed by atoms with van der Waals surface area (Å²) in [6.45, 7) is 0.334. The molecule has 0 fully saturated rings. The second kappa shape index (κ2) is 10.7. The number of ether oxygens (including phenoxy) is 1. The smallest absolute Gasteiger partial charge is 0.251 e. The number of nitrogens with zero attached hydrogens (tertiary/aromatic N) is 2. The molecule has 0 aliphatic rings. The molecule has 3 aromatic rings. The lowest BCUT2D eigenvalue weighted by atomic mass is 10.2. The van der Waals surface area contributed by atoms with Gasteiger partial charge in [-0.25, -0.2) is 18.1 Å². The van der Waals surface area contributed by atoms with Crippen LogP contribution >= 0.6 is 11.6 Å². The predicted octanol–water partition coefficient (Wildman–Crippen LogP) is 3.22. The number of carbonyl (C=O) groups is 1. The third kappa shape index (κ3) is 6.44. The van der Waals surface area contributed by atoms with E-state index in [1.54, 1.807) is 36.5 Å². The van der Waals surface area contributed by atoms with Crippen molar-refractivity contribution in [1.29, 1.82) is 0 Å². The fraction of sp³-hybridized carbons (Fsp3) is 0.217. The van der Waals surface area contributed by atoms with Crippen LogP contribution in [0, 0.1) is 0 Å². The first-order valence-corrected chi connectivity index (χ1v) is 11.9. The Hall–Kier alpha value is -3.14. The molecule has 2 aromatic carbocycles. The average Bonchev–Trinajstić information content (AvgIpc) is 2.82. The Balaban J connectivity index is 1.75. The van der Waals surface area contributed by atoms with E-state index in [1.807, 2.05) is 25.1 Å². The van der Waals surface area contributed by atoms with Crippen LogP contribution < -0.4 is 19.7 Å². The highest BCUT2D eigenvalue weighted by Crippen LogP contribution is 2.25. The fourth-order valence-corrected chi connectivity index (χ4v) is 4.32. The number of halogens is 1. The number of carbonyl (C=O) groups excluding carboxylic acids is 1. The largest absolute Gasteiger partial charge is 0.495 e. The molecule has 0 atom stereocenters. The lowest BCUT2D eigenvalue weighted by molar-refractivity contribution is 0.0950. The summed E-state index contributed by atoms with van der Waals surface area (Å²) in [6, 6.07) is 14.8. The first-order valence-electron chi connectivity index (χ1n) is 10.0. The fourth-order valence-electron chi connectivity index (χ4n) is 2.99. The highest BCUT2D eigenvalue weighted by Gasteiger charge is 2.21. The summed E-state index contributed by atoms with van der Waals surface area (Å²) in [6.07, 6.45) is 1.67. The third-order valence-corrected chi connectivity index (χ3v) is 6.49. The Morgan fingerprint density at radius 1 is 1.03 bits per heavy atom. The van der Waals surface area contributed by atoms with Gasteiger partial charge in [-0.15, -0.1) is 0 Å². The van der Waals surface area contributed by atoms with Crippen LogP contribution in [0.2, 0.25) is 5.02 Å². The van der Waals surface area contributed by atoms with Crippen LogP contribution in [0.25, 0.3) is 0 Å². The van der Waals surface area contributed by atoms with Crippen molar-refractivity contribution in [2.45, 2.75) is 18.0 Å². The molecule has 33 heavy (non-hydrogen) atoms. The molecule has 0 unspecified atom stereocenters. The van der Waals surface area contributed by atoms with E-state index in [-0.39, 0.29) is 29.3 Å². The molecule has 0 radical (unpaired) electrons. The Morgan fingerprint density at radius 2 is 1.76 bits per heavy atom. The summed E-state index contributed by atoms with van der Waals surface area (Å²) in [4.78, 5) is 18.7. The van der Waals surface area contributed by atoms with Crippen LogP contribution in [0.3, 0.4) is 0 Å². The monoisotopic (exact) mass is 488 g/mol. The van der Waals surface area contributed by atoms with Crippen LogP contribution in [0.5, 0.6) is 5.75 Å². The van der Waals surface area contributed by atoms with E-state index >= 15 is 0 Å². The van der Waals surface area contributed by atoms with E-state index in [9.17, 15) is 13.2 Å². The van der Waals surface area contributed by atoms with Crippen molar-refractivity contribution in [3.05, 3.63) is 82.5 Å². The lowest BCUT2D eigenvalue weighted by Gasteiger charge is -2.14. The Labute approximate surface area is 198 Å². The number of methoxy groups -OCH3 is 1. The molecular formula is C23H25ClN4O4S. The lowest BCUT2D eigenvalue weighted by Crippen LogP contribution is -2.26. The minimum Gasteiger partial charge on any atom is -0.495 e. The second-order valence-corrected chi connectivity index (χ2v) is 9.59. The summed E-state index contributed by atoms with van der Waals surface area (Å²) in [7, 11) is 1.18. The van der Waals surface area contributed by atoms with Crippen molar-refractivity contribution in [3.63, 3.8) is 0 Å². The maximum Gasteiger partial charge on any atom is 0.251 e. The Morgan fingerprint density at radius 3 is 2.42 bits per heavy atom. The van der Waals surface area contributed by atoms with Crippen LogP contribution in [-0.2, 0) is 23.1 Å². The number of anilines is 1. The summed E-state index contributed by atoms with van der Waals surface area (Å²) >= 11 is 5.87. The molecule has 1 aromatic heterocycles. The number of rotatable bonds is 9. The standard InChI is InChI=1S/C23H25ClN4O4S/c1-28(2)22-12-17(10-11-25-22)14-26-23(29)18-6-9-20(32-3)21(13-18)33(30,31)27-15-16-4-7-19(24)8-5-16/h4-13,27H,14-15H2,1-3H3,(H,26,29). The molecule has 8 nitrogen and oxygen atoms in total. The zero-order valence-electron chi connectivity index (χ0n) is 18.5. The van der Waals surface area contributed by atoms with Gasteiger partial charge in [0, 0.05) is 44.0 Å². The minimum absolute atomic E-state index is 0.0648. The zero-order chi connectivity index (χ0) is 24.0. The van der Waals surface area contributed by atoms with Gasteiger partial charge in [-0.2, -0.15) is 0 Å². The number of benzene rings is 2. The molecule has 174 valence electrons. The summed E-state index contributed by atoms with van der Waals surface area (Å²) in [5.74, 6) is 0.501. The highest BCUT2D eigenvalue weighted by molar-refractivity contribution is 7.89. The van der Waals surface area contributed by atoms with Crippen molar-refractivity contribution < 1.29 is 17.9 Å². The molecule has 1 heterocycles. The van der Waals surface area contributed by atoms with Gasteiger partial charge < -0.3 is 15.0 Å². The molecule has 10 heteroatoms. The van der Waals surface area contributed by atoms with Crippen molar-refractivity contribution in [2.75, 3.05) is 26.1 Å². The van der Waals surface area contributed by atoms with E-state index < -0.39 is 15.9 Å². The second-order valence-electron chi connectivity index (χ2n) is 7.42. The maximum absolute atomic E-state index is 12.9. The van der Waals surface area contributed by atoms with Crippen molar-refractivity contribution in [1.82, 2.24) is 15.0 Å². The van der Waals surface area contributed by atoms with Gasteiger partial charge in [-0.3, -0.25) is 4.79 Å². The zero-order valence-corrected chi connectivity index (χ0v) is 20.1. The normalized spacial score (nSPS) is 11.2. The molecule has 0 aliphatic carbocycles. The topological polar surface area (TPSA) is 101 Å². The molecule has 2 N–H and O–H groups in total. The van der Waals surface area contributed by atoms with Crippen molar-refractivity contribution >= 4 is 33.3 Å². The molecule has 0 saturated carbocycles. The first kappa shape index (κ1) is 24.5. The van der Waals surface area contributed by atoms with Crippen LogP contribution in [0.1, 0.15) is 21.5 Å². The molecule has 0 spiro atoms. The van der Waals surface area contributed by atoms with Crippen molar-refractivity contribution in [3.8, 4) is 5.75 Å². The highest BCUT2D eigenvalue weighted by atomic mass is 35.5. The Bertz CT molecular complexity index is 1230. The number of sulfonamides is 1. The predicted molar refractivity (Wildman–Crippen MR) is 128 cm³/mol. The molecule has 1 amide bonds. The van der Waals surface area contributed by atoms with E-state index in [4.69, 9.17) is 16.3 Å². The number of nitrogens with one attached hydrogen (secondary N) is 2. The first-order chi connectivity index (χ1) is 15.7. The van der Waals surface area contributed by atoms with Gasteiger partial charge in [-0.05, 0) is 53.6 Å². The number of hydrogen-bond donors (Lipinski definition) is 2. The van der Waals surface area contributed by atoms with Gasteiger partial charge >= 0.3 is 0 Å². The molecule has 0 aliphatic heterocycles. The van der Waals surface area contributed by atoms with Crippen LogP contribution in [-0.4, -0.2) is 40.5 Å². The Kier molecular flexibility index (Phi) is 7.91. The van der Waals surface area contributed by atoms with Crippen LogP contribution in [0.4, 0.5) is 5.82 Å². The molecule has 0 saturated heterocycles. The van der Waals surface area contributed by atoms with Gasteiger partial charge in [-0.1, -0.05) is 23.7 Å². The number of pyridine rings is 1. The van der Waals surface area contributed by atoms with Gasteiger partial charge in [0.1, 0.15) is 16.5 Å². The summed E-state index contributed by atoms with van der Waals surface area (Å²) in [5.41, 5.74) is 1.81. The summed E-state index contributed by atoms with van der Waals surface area (Å²) in [5, 5.41) is 3.37. The quantitative estimate of drug-likeness (QED) is 0.479. The molecular weight excluding hydrogens is 464 g/mol. The maximum atomic E-state index is 12.9.